The third kappa shape index (κ3) is 5.22. The highest BCUT2D eigenvalue weighted by molar-refractivity contribution is 6.06. The van der Waals surface area contributed by atoms with Gasteiger partial charge in [0.2, 0.25) is 0 Å². The van der Waals surface area contributed by atoms with Gasteiger partial charge >= 0.3 is 12.0 Å². The van der Waals surface area contributed by atoms with E-state index in [4.69, 9.17) is 9.47 Å². The highest BCUT2D eigenvalue weighted by Gasteiger charge is 2.41. The van der Waals surface area contributed by atoms with Gasteiger partial charge in [0.1, 0.15) is 17.0 Å². The van der Waals surface area contributed by atoms with Crippen molar-refractivity contribution in [1.82, 2.24) is 10.6 Å². The predicted octanol–water partition coefficient (Wildman–Crippen LogP) is 2.84. The molecule has 7 heteroatoms. The van der Waals surface area contributed by atoms with Gasteiger partial charge in [-0.15, -0.1) is 0 Å². The van der Waals surface area contributed by atoms with Crippen LogP contribution in [-0.4, -0.2) is 30.6 Å². The lowest BCUT2D eigenvalue weighted by Gasteiger charge is -2.20. The van der Waals surface area contributed by atoms with Crippen LogP contribution in [-0.2, 0) is 16.0 Å². The molecular formula is C22H22N2O5. The summed E-state index contributed by atoms with van der Waals surface area (Å²) in [6.45, 7) is 1.69. The van der Waals surface area contributed by atoms with E-state index in [0.29, 0.717) is 24.3 Å². The van der Waals surface area contributed by atoms with Crippen LogP contribution in [0, 0.1) is 0 Å². The van der Waals surface area contributed by atoms with Crippen molar-refractivity contribution in [3.8, 4) is 11.5 Å². The molecule has 0 aromatic heterocycles. The monoisotopic (exact) mass is 394 g/mol. The molecule has 0 bridgehead atoms. The van der Waals surface area contributed by atoms with Crippen LogP contribution in [0.2, 0.25) is 0 Å². The molecule has 1 aliphatic rings. The zero-order valence-corrected chi connectivity index (χ0v) is 16.2. The fourth-order valence-corrected chi connectivity index (χ4v) is 2.93. The first-order valence-corrected chi connectivity index (χ1v) is 9.14. The second-order valence-electron chi connectivity index (χ2n) is 6.92. The van der Waals surface area contributed by atoms with Gasteiger partial charge in [-0.3, -0.25) is 10.1 Å². The Morgan fingerprint density at radius 2 is 1.86 bits per heavy atom. The van der Waals surface area contributed by atoms with Gasteiger partial charge in [-0.25, -0.2) is 9.59 Å². The summed E-state index contributed by atoms with van der Waals surface area (Å²) >= 11 is 0. The Hall–Kier alpha value is -3.61. The van der Waals surface area contributed by atoms with Crippen molar-refractivity contribution < 1.29 is 23.9 Å². The topological polar surface area (TPSA) is 93.7 Å². The molecule has 29 heavy (non-hydrogen) atoms. The number of ether oxygens (including phenoxy) is 2. The van der Waals surface area contributed by atoms with Crippen molar-refractivity contribution in [2.45, 2.75) is 25.3 Å². The summed E-state index contributed by atoms with van der Waals surface area (Å²) in [7, 11) is 1.58. The number of esters is 1. The van der Waals surface area contributed by atoms with Crippen LogP contribution in [0.15, 0.2) is 54.6 Å². The fraction of sp³-hybridized carbons (Fsp3) is 0.227. The molecule has 0 unspecified atom stereocenters. The summed E-state index contributed by atoms with van der Waals surface area (Å²) in [4.78, 5) is 35.1. The smallest absolute Gasteiger partial charge is 0.336 e. The van der Waals surface area contributed by atoms with Gasteiger partial charge < -0.3 is 14.8 Å². The lowest BCUT2D eigenvalue weighted by atomic mass is 9.93. The summed E-state index contributed by atoms with van der Waals surface area (Å²) in [6, 6.07) is 13.9. The quantitative estimate of drug-likeness (QED) is 0.326. The van der Waals surface area contributed by atoms with E-state index in [2.05, 4.69) is 10.6 Å². The van der Waals surface area contributed by atoms with E-state index in [0.717, 1.165) is 11.1 Å². The molecule has 7 nitrogen and oxygen atoms in total. The molecule has 1 aliphatic heterocycles. The number of rotatable bonds is 7. The van der Waals surface area contributed by atoms with Gasteiger partial charge in [-0.1, -0.05) is 24.3 Å². The second kappa shape index (κ2) is 8.60. The number of urea groups is 1. The minimum Gasteiger partial charge on any atom is -0.497 e. The van der Waals surface area contributed by atoms with Gasteiger partial charge in [0.25, 0.3) is 5.91 Å². The van der Waals surface area contributed by atoms with Crippen molar-refractivity contribution >= 4 is 24.0 Å². The van der Waals surface area contributed by atoms with Crippen molar-refractivity contribution in [2.24, 2.45) is 0 Å². The number of imide groups is 1. The molecule has 1 atom stereocenters. The number of carbonyl (C=O) groups excluding carboxylic acids is 3. The molecule has 150 valence electrons. The number of carbonyl (C=O) groups is 3. The average Bonchev–Trinajstić information content (AvgIpc) is 2.97. The van der Waals surface area contributed by atoms with Crippen LogP contribution in [0.3, 0.4) is 0 Å². The Morgan fingerprint density at radius 1 is 1.10 bits per heavy atom. The molecule has 2 aromatic rings. The lowest BCUT2D eigenvalue weighted by Crippen LogP contribution is -2.43. The number of amides is 3. The molecule has 1 saturated heterocycles. The summed E-state index contributed by atoms with van der Waals surface area (Å²) in [5.41, 5.74) is 0.882. The highest BCUT2D eigenvalue weighted by Crippen LogP contribution is 2.20. The molecule has 1 heterocycles. The van der Waals surface area contributed by atoms with Crippen LogP contribution in [0.1, 0.15) is 24.5 Å². The first-order chi connectivity index (χ1) is 13.9. The molecule has 0 aliphatic carbocycles. The Kier molecular flexibility index (Phi) is 5.97. The van der Waals surface area contributed by atoms with E-state index in [-0.39, 0.29) is 5.91 Å². The van der Waals surface area contributed by atoms with Gasteiger partial charge in [-0.05, 0) is 61.2 Å². The normalized spacial score (nSPS) is 18.4. The summed E-state index contributed by atoms with van der Waals surface area (Å²) in [5.74, 6) is 0.320. The first-order valence-electron chi connectivity index (χ1n) is 9.14. The predicted molar refractivity (Wildman–Crippen MR) is 108 cm³/mol. The number of aryl methyl sites for hydroxylation is 1. The van der Waals surface area contributed by atoms with Gasteiger partial charge in [-0.2, -0.15) is 0 Å². The number of hydrogen-bond acceptors (Lipinski definition) is 5. The van der Waals surface area contributed by atoms with Gasteiger partial charge in [0, 0.05) is 6.08 Å². The molecule has 0 saturated carbocycles. The SMILES string of the molecule is COc1cccc(/C=C/C(=O)Oc2ccc(CC[C@@]3(C)NC(=O)NC3=O)cc2)c1. The molecule has 3 amide bonds. The Bertz CT molecular complexity index is 952. The van der Waals surface area contributed by atoms with Gasteiger partial charge in [0.05, 0.1) is 7.11 Å². The molecule has 0 spiro atoms. The standard InChI is InChI=1S/C22H22N2O5/c1-22(20(26)23-21(27)24-22)13-12-15-6-9-17(10-7-15)29-19(25)11-8-16-4-3-5-18(14-16)28-2/h3-11,14H,12-13H2,1-2H3,(H2,23,24,26,27)/b11-8+/t22-/m1/s1. The van der Waals surface area contributed by atoms with Crippen LogP contribution in [0.5, 0.6) is 11.5 Å². The largest absolute Gasteiger partial charge is 0.497 e. The van der Waals surface area contributed by atoms with Crippen LogP contribution < -0.4 is 20.1 Å². The fourth-order valence-electron chi connectivity index (χ4n) is 2.93. The highest BCUT2D eigenvalue weighted by atomic mass is 16.5. The van der Waals surface area contributed by atoms with Gasteiger partial charge in [0.15, 0.2) is 0 Å². The second-order valence-corrected chi connectivity index (χ2v) is 6.92. The van der Waals surface area contributed by atoms with E-state index in [1.165, 1.54) is 6.08 Å². The molecular weight excluding hydrogens is 372 g/mol. The van der Waals surface area contributed by atoms with Crippen molar-refractivity contribution in [3.05, 3.63) is 65.7 Å². The summed E-state index contributed by atoms with van der Waals surface area (Å²) < 4.78 is 10.4. The molecule has 2 N–H and O–H groups in total. The van der Waals surface area contributed by atoms with Crippen LogP contribution in [0.25, 0.3) is 6.08 Å². The summed E-state index contributed by atoms with van der Waals surface area (Å²) in [6.07, 6.45) is 4.06. The maximum Gasteiger partial charge on any atom is 0.336 e. The van der Waals surface area contributed by atoms with Crippen molar-refractivity contribution in [1.29, 1.82) is 0 Å². The molecule has 3 rings (SSSR count). The maximum absolute atomic E-state index is 12.0. The van der Waals surface area contributed by atoms with Crippen molar-refractivity contribution in [3.63, 3.8) is 0 Å². The third-order valence-electron chi connectivity index (χ3n) is 4.68. The summed E-state index contributed by atoms with van der Waals surface area (Å²) in [5, 5.41) is 4.88. The van der Waals surface area contributed by atoms with E-state index < -0.39 is 17.5 Å². The van der Waals surface area contributed by atoms with Crippen LogP contribution >= 0.6 is 0 Å². The molecule has 0 radical (unpaired) electrons. The Balaban J connectivity index is 1.53. The zero-order chi connectivity index (χ0) is 20.9. The minimum absolute atomic E-state index is 0.323. The van der Waals surface area contributed by atoms with E-state index in [9.17, 15) is 14.4 Å². The Morgan fingerprint density at radius 3 is 2.52 bits per heavy atom. The number of nitrogens with one attached hydrogen (secondary N) is 2. The number of methoxy groups -OCH3 is 1. The van der Waals surface area contributed by atoms with E-state index in [1.54, 1.807) is 32.2 Å². The number of benzene rings is 2. The lowest BCUT2D eigenvalue weighted by molar-refractivity contribution is -0.129. The van der Waals surface area contributed by atoms with E-state index >= 15 is 0 Å². The third-order valence-corrected chi connectivity index (χ3v) is 4.68. The Labute approximate surface area is 168 Å². The first kappa shape index (κ1) is 20.1. The zero-order valence-electron chi connectivity index (χ0n) is 16.2. The van der Waals surface area contributed by atoms with Crippen LogP contribution in [0.4, 0.5) is 4.79 Å². The molecule has 1 fully saturated rings. The average molecular weight is 394 g/mol. The minimum atomic E-state index is -0.910. The molecule has 2 aromatic carbocycles. The maximum atomic E-state index is 12.0. The van der Waals surface area contributed by atoms with Crippen molar-refractivity contribution in [2.75, 3.05) is 7.11 Å². The number of hydrogen-bond donors (Lipinski definition) is 2. The van der Waals surface area contributed by atoms with E-state index in [1.807, 2.05) is 36.4 Å².